The summed E-state index contributed by atoms with van der Waals surface area (Å²) in [4.78, 5) is 8.19. The van der Waals surface area contributed by atoms with Crippen LogP contribution in [0.1, 0.15) is 11.1 Å². The Morgan fingerprint density at radius 1 is 1.37 bits per heavy atom. The van der Waals surface area contributed by atoms with Gasteiger partial charge in [-0.15, -0.1) is 0 Å². The second-order valence-corrected chi connectivity index (χ2v) is 4.29. The van der Waals surface area contributed by atoms with Gasteiger partial charge in [0.05, 0.1) is 13.7 Å². The highest BCUT2D eigenvalue weighted by Gasteiger charge is 2.15. The fraction of sp³-hybridized carbons (Fsp3) is 0.286. The molecule has 0 saturated heterocycles. The Balaban J connectivity index is 1.74. The molecule has 3 rings (SSSR count). The van der Waals surface area contributed by atoms with E-state index in [1.807, 2.05) is 6.07 Å². The van der Waals surface area contributed by atoms with Crippen LogP contribution in [0.5, 0.6) is 11.8 Å². The normalized spacial score (nSPS) is 12.7. The van der Waals surface area contributed by atoms with E-state index >= 15 is 0 Å². The number of nitrogens with one attached hydrogen (secondary N) is 1. The summed E-state index contributed by atoms with van der Waals surface area (Å²) in [5.74, 6) is 1.75. The molecule has 0 atom stereocenters. The van der Waals surface area contributed by atoms with Gasteiger partial charge in [0.15, 0.2) is 0 Å². The highest BCUT2D eigenvalue weighted by Crippen LogP contribution is 2.29. The van der Waals surface area contributed by atoms with Crippen LogP contribution in [0.15, 0.2) is 30.5 Å². The van der Waals surface area contributed by atoms with Crippen molar-refractivity contribution < 1.29 is 9.47 Å². The lowest BCUT2D eigenvalue weighted by molar-refractivity contribution is 0.354. The molecule has 2 aromatic rings. The Bertz CT molecular complexity index is 587. The van der Waals surface area contributed by atoms with Gasteiger partial charge in [-0.25, -0.2) is 4.98 Å². The number of ether oxygens (including phenoxy) is 2. The van der Waals surface area contributed by atoms with Gasteiger partial charge in [0.2, 0.25) is 0 Å². The van der Waals surface area contributed by atoms with E-state index in [0.717, 1.165) is 30.2 Å². The number of anilines is 1. The number of benzene rings is 1. The molecule has 1 N–H and O–H groups in total. The molecule has 0 unspecified atom stereocenters. The number of para-hydroxylation sites is 1. The van der Waals surface area contributed by atoms with E-state index in [2.05, 4.69) is 33.5 Å². The maximum atomic E-state index is 5.67. The quantitative estimate of drug-likeness (QED) is 0.908. The topological polar surface area (TPSA) is 56.3 Å². The second kappa shape index (κ2) is 5.14. The first kappa shape index (κ1) is 11.8. The molecule has 1 aromatic carbocycles. The van der Waals surface area contributed by atoms with Crippen LogP contribution >= 0.6 is 0 Å². The van der Waals surface area contributed by atoms with Crippen molar-refractivity contribution in [3.63, 3.8) is 0 Å². The van der Waals surface area contributed by atoms with Gasteiger partial charge in [-0.2, -0.15) is 4.98 Å². The number of nitrogens with zero attached hydrogens (tertiary/aromatic N) is 2. The molecular weight excluding hydrogens is 242 g/mol. The van der Waals surface area contributed by atoms with Gasteiger partial charge >= 0.3 is 6.01 Å². The van der Waals surface area contributed by atoms with Gasteiger partial charge in [-0.3, -0.25) is 0 Å². The molecule has 0 radical (unpaired) electrons. The first-order valence-electron chi connectivity index (χ1n) is 6.21. The average molecular weight is 257 g/mol. The molecule has 0 bridgehead atoms. The highest BCUT2D eigenvalue weighted by atomic mass is 16.5. The van der Waals surface area contributed by atoms with E-state index in [-0.39, 0.29) is 0 Å². The van der Waals surface area contributed by atoms with E-state index in [1.165, 1.54) is 5.56 Å². The van der Waals surface area contributed by atoms with Crippen molar-refractivity contribution in [2.75, 3.05) is 19.0 Å². The molecule has 2 heterocycles. The van der Waals surface area contributed by atoms with Crippen molar-refractivity contribution >= 4 is 5.82 Å². The van der Waals surface area contributed by atoms with Crippen molar-refractivity contribution in [1.82, 2.24) is 9.97 Å². The molecule has 0 saturated carbocycles. The molecule has 0 amide bonds. The maximum Gasteiger partial charge on any atom is 0.318 e. The first-order valence-corrected chi connectivity index (χ1v) is 6.21. The minimum Gasteiger partial charge on any atom is -0.493 e. The minimum absolute atomic E-state index is 0.361. The lowest BCUT2D eigenvalue weighted by atomic mass is 10.1. The number of hydrogen-bond acceptors (Lipinski definition) is 5. The third-order valence-corrected chi connectivity index (χ3v) is 3.07. The minimum atomic E-state index is 0.361. The van der Waals surface area contributed by atoms with Crippen molar-refractivity contribution in [3.05, 3.63) is 41.6 Å². The van der Waals surface area contributed by atoms with Gasteiger partial charge in [-0.05, 0) is 11.6 Å². The molecule has 1 aliphatic rings. The van der Waals surface area contributed by atoms with E-state index < -0.39 is 0 Å². The Labute approximate surface area is 111 Å². The van der Waals surface area contributed by atoms with E-state index in [4.69, 9.17) is 9.47 Å². The van der Waals surface area contributed by atoms with Gasteiger partial charge in [0, 0.05) is 24.7 Å². The summed E-state index contributed by atoms with van der Waals surface area (Å²) in [6.07, 6.45) is 2.66. The van der Waals surface area contributed by atoms with Gasteiger partial charge in [0.1, 0.15) is 11.6 Å². The van der Waals surface area contributed by atoms with Gasteiger partial charge in [-0.1, -0.05) is 18.2 Å². The molecular formula is C14H15N3O2. The molecule has 98 valence electrons. The predicted molar refractivity (Wildman–Crippen MR) is 71.6 cm³/mol. The van der Waals surface area contributed by atoms with Gasteiger partial charge < -0.3 is 14.8 Å². The Morgan fingerprint density at radius 3 is 3.21 bits per heavy atom. The summed E-state index contributed by atoms with van der Waals surface area (Å²) in [5.41, 5.74) is 2.42. The average Bonchev–Trinajstić information content (AvgIpc) is 2.94. The van der Waals surface area contributed by atoms with Crippen molar-refractivity contribution in [2.45, 2.75) is 13.0 Å². The summed E-state index contributed by atoms with van der Waals surface area (Å²) in [5, 5.41) is 3.25. The smallest absolute Gasteiger partial charge is 0.318 e. The van der Waals surface area contributed by atoms with Crippen molar-refractivity contribution in [1.29, 1.82) is 0 Å². The summed E-state index contributed by atoms with van der Waals surface area (Å²) in [7, 11) is 1.55. The monoisotopic (exact) mass is 257 g/mol. The van der Waals surface area contributed by atoms with Crippen LogP contribution in [0.4, 0.5) is 5.82 Å². The van der Waals surface area contributed by atoms with Crippen LogP contribution in [0.25, 0.3) is 0 Å². The van der Waals surface area contributed by atoms with E-state index in [1.54, 1.807) is 13.3 Å². The molecule has 5 nitrogen and oxygen atoms in total. The molecule has 1 aromatic heterocycles. The van der Waals surface area contributed by atoms with Crippen LogP contribution in [-0.4, -0.2) is 23.7 Å². The molecule has 19 heavy (non-hydrogen) atoms. The second-order valence-electron chi connectivity index (χ2n) is 4.29. The summed E-state index contributed by atoms with van der Waals surface area (Å²) in [6, 6.07) is 8.41. The number of fused-ring (bicyclic) bond motifs is 1. The van der Waals surface area contributed by atoms with E-state index in [0.29, 0.717) is 12.6 Å². The van der Waals surface area contributed by atoms with Crippen LogP contribution in [0.2, 0.25) is 0 Å². The molecule has 0 spiro atoms. The zero-order valence-corrected chi connectivity index (χ0v) is 10.7. The Kier molecular flexibility index (Phi) is 3.18. The third-order valence-electron chi connectivity index (χ3n) is 3.07. The SMILES string of the molecule is COc1nccc(NCc2cccc3c2OCC3)n1. The van der Waals surface area contributed by atoms with Crippen molar-refractivity contribution in [2.24, 2.45) is 0 Å². The number of rotatable bonds is 4. The zero-order valence-electron chi connectivity index (χ0n) is 10.7. The summed E-state index contributed by atoms with van der Waals surface area (Å²) >= 11 is 0. The number of methoxy groups -OCH3 is 1. The third kappa shape index (κ3) is 2.45. The first-order chi connectivity index (χ1) is 9.36. The number of hydrogen-bond donors (Lipinski definition) is 1. The van der Waals surface area contributed by atoms with E-state index in [9.17, 15) is 0 Å². The Morgan fingerprint density at radius 2 is 2.32 bits per heavy atom. The van der Waals surface area contributed by atoms with Crippen LogP contribution in [0.3, 0.4) is 0 Å². The number of aromatic nitrogens is 2. The molecule has 5 heteroatoms. The summed E-state index contributed by atoms with van der Waals surface area (Å²) < 4.78 is 10.7. The fourth-order valence-corrected chi connectivity index (χ4v) is 2.15. The van der Waals surface area contributed by atoms with Crippen LogP contribution < -0.4 is 14.8 Å². The summed E-state index contributed by atoms with van der Waals surface area (Å²) in [6.45, 7) is 1.44. The molecule has 1 aliphatic heterocycles. The van der Waals surface area contributed by atoms with Crippen LogP contribution in [0, 0.1) is 0 Å². The molecule has 0 fully saturated rings. The lowest BCUT2D eigenvalue weighted by Gasteiger charge is -2.10. The standard InChI is InChI=1S/C14H15N3O2/c1-18-14-15-7-5-12(17-14)16-9-11-4-2-3-10-6-8-19-13(10)11/h2-5,7H,6,8-9H2,1H3,(H,15,16,17). The predicted octanol–water partition coefficient (Wildman–Crippen LogP) is 2.03. The lowest BCUT2D eigenvalue weighted by Crippen LogP contribution is -2.04. The fourth-order valence-electron chi connectivity index (χ4n) is 2.15. The maximum absolute atomic E-state index is 5.67. The molecule has 0 aliphatic carbocycles. The van der Waals surface area contributed by atoms with Crippen molar-refractivity contribution in [3.8, 4) is 11.8 Å². The highest BCUT2D eigenvalue weighted by molar-refractivity contribution is 5.46. The van der Waals surface area contributed by atoms with Gasteiger partial charge in [0.25, 0.3) is 0 Å². The Hall–Kier alpha value is -2.30. The van der Waals surface area contributed by atoms with Crippen LogP contribution in [-0.2, 0) is 13.0 Å². The largest absolute Gasteiger partial charge is 0.493 e. The zero-order chi connectivity index (χ0) is 13.1.